The number of rotatable bonds is 3. The predicted octanol–water partition coefficient (Wildman–Crippen LogP) is 1.64. The molecule has 14 heavy (non-hydrogen) atoms. The van der Waals surface area contributed by atoms with E-state index in [0.29, 0.717) is 6.04 Å². The maximum absolute atomic E-state index is 9.37. The summed E-state index contributed by atoms with van der Waals surface area (Å²) in [6.07, 6.45) is 0.801. The van der Waals surface area contributed by atoms with Crippen molar-refractivity contribution in [2.24, 2.45) is 0 Å². The van der Waals surface area contributed by atoms with E-state index in [-0.39, 0.29) is 12.1 Å². The first-order valence-electron chi connectivity index (χ1n) is 5.20. The molecule has 0 fully saturated rings. The van der Waals surface area contributed by atoms with E-state index in [2.05, 4.69) is 29.6 Å². The van der Waals surface area contributed by atoms with Crippen LogP contribution in [0.1, 0.15) is 31.0 Å². The van der Waals surface area contributed by atoms with Crippen LogP contribution in [0.5, 0.6) is 0 Å². The summed E-state index contributed by atoms with van der Waals surface area (Å²) in [5.41, 5.74) is 2.82. The van der Waals surface area contributed by atoms with Crippen LogP contribution in [0.4, 0.5) is 0 Å². The third-order valence-electron chi connectivity index (χ3n) is 3.04. The van der Waals surface area contributed by atoms with Crippen molar-refractivity contribution in [3.05, 3.63) is 35.4 Å². The molecule has 0 aromatic heterocycles. The van der Waals surface area contributed by atoms with E-state index in [4.69, 9.17) is 0 Å². The van der Waals surface area contributed by atoms with E-state index in [1.165, 1.54) is 11.1 Å². The topological polar surface area (TPSA) is 32.3 Å². The number of nitrogens with one attached hydrogen (secondary N) is 1. The Hall–Kier alpha value is -0.860. The molecular formula is C12H17NO. The Morgan fingerprint density at radius 2 is 2.07 bits per heavy atom. The fraction of sp³-hybridized carbons (Fsp3) is 0.500. The van der Waals surface area contributed by atoms with Crippen LogP contribution >= 0.6 is 0 Å². The van der Waals surface area contributed by atoms with Gasteiger partial charge in [0, 0.05) is 12.1 Å². The molecule has 1 aromatic rings. The fourth-order valence-electron chi connectivity index (χ4n) is 1.86. The summed E-state index contributed by atoms with van der Waals surface area (Å²) in [5, 5.41) is 12.8. The maximum atomic E-state index is 9.37. The van der Waals surface area contributed by atoms with Crippen LogP contribution in [0.15, 0.2) is 24.3 Å². The summed E-state index contributed by atoms with van der Waals surface area (Å²) in [6.45, 7) is 3.84. The molecule has 2 rings (SSSR count). The molecule has 0 aliphatic heterocycles. The molecule has 1 aliphatic carbocycles. The molecule has 0 saturated carbocycles. The highest BCUT2D eigenvalue weighted by Crippen LogP contribution is 2.32. The van der Waals surface area contributed by atoms with Crippen molar-refractivity contribution in [3.63, 3.8) is 0 Å². The SMILES string of the molecule is CC(O)C(C)NC1Cc2ccccc21. The van der Waals surface area contributed by atoms with Crippen LogP contribution in [0.2, 0.25) is 0 Å². The molecule has 76 valence electrons. The van der Waals surface area contributed by atoms with Gasteiger partial charge < -0.3 is 10.4 Å². The Balaban J connectivity index is 1.99. The number of fused-ring (bicyclic) bond motifs is 1. The lowest BCUT2D eigenvalue weighted by molar-refractivity contribution is 0.143. The Labute approximate surface area is 85.0 Å². The van der Waals surface area contributed by atoms with E-state index < -0.39 is 0 Å². The van der Waals surface area contributed by atoms with E-state index in [9.17, 15) is 5.11 Å². The second-order valence-corrected chi connectivity index (χ2v) is 4.15. The lowest BCUT2D eigenvalue weighted by Gasteiger charge is -2.34. The summed E-state index contributed by atoms with van der Waals surface area (Å²) in [4.78, 5) is 0. The standard InChI is InChI=1S/C12H17NO/c1-8(9(2)14)13-12-7-10-5-3-4-6-11(10)12/h3-6,8-9,12-14H,7H2,1-2H3. The second kappa shape index (κ2) is 3.71. The van der Waals surface area contributed by atoms with Crippen molar-refractivity contribution in [3.8, 4) is 0 Å². The Morgan fingerprint density at radius 3 is 2.71 bits per heavy atom. The molecular weight excluding hydrogens is 174 g/mol. The molecule has 0 bridgehead atoms. The van der Waals surface area contributed by atoms with Crippen molar-refractivity contribution >= 4 is 0 Å². The molecule has 3 unspecified atom stereocenters. The first kappa shape index (κ1) is 9.69. The highest BCUT2D eigenvalue weighted by Gasteiger charge is 2.26. The molecule has 0 saturated heterocycles. The van der Waals surface area contributed by atoms with Gasteiger partial charge in [-0.2, -0.15) is 0 Å². The lowest BCUT2D eigenvalue weighted by atomic mass is 9.83. The van der Waals surface area contributed by atoms with Gasteiger partial charge in [0.05, 0.1) is 6.10 Å². The Kier molecular flexibility index (Phi) is 2.57. The van der Waals surface area contributed by atoms with Gasteiger partial charge in [0.15, 0.2) is 0 Å². The van der Waals surface area contributed by atoms with Gasteiger partial charge in [0.1, 0.15) is 0 Å². The highest BCUT2D eigenvalue weighted by molar-refractivity contribution is 5.39. The monoisotopic (exact) mass is 191 g/mol. The molecule has 0 amide bonds. The lowest BCUT2D eigenvalue weighted by Crippen LogP contribution is -2.42. The smallest absolute Gasteiger partial charge is 0.0662 e. The van der Waals surface area contributed by atoms with Crippen molar-refractivity contribution in [1.29, 1.82) is 0 Å². The van der Waals surface area contributed by atoms with Crippen LogP contribution in [0.3, 0.4) is 0 Å². The van der Waals surface area contributed by atoms with Crippen LogP contribution in [0, 0.1) is 0 Å². The number of aliphatic hydroxyl groups is 1. The number of benzene rings is 1. The minimum Gasteiger partial charge on any atom is -0.392 e. The van der Waals surface area contributed by atoms with Crippen molar-refractivity contribution in [1.82, 2.24) is 5.32 Å². The van der Waals surface area contributed by atoms with Crippen molar-refractivity contribution in [2.45, 2.75) is 38.5 Å². The zero-order valence-corrected chi connectivity index (χ0v) is 8.70. The Morgan fingerprint density at radius 1 is 1.36 bits per heavy atom. The maximum Gasteiger partial charge on any atom is 0.0662 e. The number of hydrogen-bond donors (Lipinski definition) is 2. The van der Waals surface area contributed by atoms with E-state index in [1.54, 1.807) is 0 Å². The molecule has 1 aromatic carbocycles. The average molecular weight is 191 g/mol. The van der Waals surface area contributed by atoms with Gasteiger partial charge in [-0.15, -0.1) is 0 Å². The number of aliphatic hydroxyl groups excluding tert-OH is 1. The normalized spacial score (nSPS) is 23.5. The van der Waals surface area contributed by atoms with Crippen LogP contribution in [-0.2, 0) is 6.42 Å². The first-order valence-corrected chi connectivity index (χ1v) is 5.20. The molecule has 1 aliphatic rings. The molecule has 2 N–H and O–H groups in total. The fourth-order valence-corrected chi connectivity index (χ4v) is 1.86. The number of hydrogen-bond acceptors (Lipinski definition) is 2. The van der Waals surface area contributed by atoms with E-state index >= 15 is 0 Å². The summed E-state index contributed by atoms with van der Waals surface area (Å²) >= 11 is 0. The van der Waals surface area contributed by atoms with Gasteiger partial charge in [0.2, 0.25) is 0 Å². The van der Waals surface area contributed by atoms with Gasteiger partial charge in [-0.1, -0.05) is 24.3 Å². The minimum absolute atomic E-state index is 0.161. The molecule has 0 spiro atoms. The minimum atomic E-state index is -0.289. The van der Waals surface area contributed by atoms with Gasteiger partial charge in [-0.3, -0.25) is 0 Å². The second-order valence-electron chi connectivity index (χ2n) is 4.15. The summed E-state index contributed by atoms with van der Waals surface area (Å²) in [6, 6.07) is 9.07. The van der Waals surface area contributed by atoms with Gasteiger partial charge in [-0.05, 0) is 31.4 Å². The van der Waals surface area contributed by atoms with E-state index in [0.717, 1.165) is 6.42 Å². The zero-order valence-electron chi connectivity index (χ0n) is 8.70. The molecule has 0 radical (unpaired) electrons. The van der Waals surface area contributed by atoms with Crippen LogP contribution in [-0.4, -0.2) is 17.3 Å². The molecule has 2 nitrogen and oxygen atoms in total. The summed E-state index contributed by atoms with van der Waals surface area (Å²) < 4.78 is 0. The average Bonchev–Trinajstić information content (AvgIpc) is 2.13. The summed E-state index contributed by atoms with van der Waals surface area (Å²) in [5.74, 6) is 0. The van der Waals surface area contributed by atoms with Crippen LogP contribution in [0.25, 0.3) is 0 Å². The van der Waals surface area contributed by atoms with Crippen LogP contribution < -0.4 is 5.32 Å². The predicted molar refractivity (Wildman–Crippen MR) is 57.2 cm³/mol. The molecule has 3 atom stereocenters. The Bertz CT molecular complexity index is 322. The largest absolute Gasteiger partial charge is 0.392 e. The first-order chi connectivity index (χ1) is 6.68. The van der Waals surface area contributed by atoms with Gasteiger partial charge in [-0.25, -0.2) is 0 Å². The van der Waals surface area contributed by atoms with E-state index in [1.807, 2.05) is 13.8 Å². The quantitative estimate of drug-likeness (QED) is 0.761. The molecule has 2 heteroatoms. The van der Waals surface area contributed by atoms with Gasteiger partial charge in [0.25, 0.3) is 0 Å². The third kappa shape index (κ3) is 1.68. The van der Waals surface area contributed by atoms with Gasteiger partial charge >= 0.3 is 0 Å². The zero-order chi connectivity index (χ0) is 10.1. The summed E-state index contributed by atoms with van der Waals surface area (Å²) in [7, 11) is 0. The molecule has 0 heterocycles. The van der Waals surface area contributed by atoms with Crippen molar-refractivity contribution in [2.75, 3.05) is 0 Å². The van der Waals surface area contributed by atoms with Crippen molar-refractivity contribution < 1.29 is 5.11 Å². The third-order valence-corrected chi connectivity index (χ3v) is 3.04. The highest BCUT2D eigenvalue weighted by atomic mass is 16.3.